The Morgan fingerprint density at radius 2 is 2.31 bits per heavy atom. The molecule has 0 aliphatic rings. The third kappa shape index (κ3) is 1.93. The van der Waals surface area contributed by atoms with Crippen LogP contribution in [0.2, 0.25) is 0 Å². The van der Waals surface area contributed by atoms with Crippen molar-refractivity contribution in [3.05, 3.63) is 23.8 Å². The Morgan fingerprint density at radius 3 is 2.77 bits per heavy atom. The summed E-state index contributed by atoms with van der Waals surface area (Å²) in [5.74, 6) is -0.725. The van der Waals surface area contributed by atoms with Gasteiger partial charge in [0.1, 0.15) is 0 Å². The Bertz CT molecular complexity index is 314. The number of nitrogen functional groups attached to an aromatic ring is 1. The van der Waals surface area contributed by atoms with E-state index in [0.29, 0.717) is 5.56 Å². The van der Waals surface area contributed by atoms with Crippen LogP contribution in [-0.2, 0) is 5.54 Å². The van der Waals surface area contributed by atoms with E-state index in [0.717, 1.165) is 0 Å². The quantitative estimate of drug-likeness (QED) is 0.565. The lowest BCUT2D eigenvalue weighted by Crippen LogP contribution is -2.37. The number of rotatable bonds is 2. The van der Waals surface area contributed by atoms with Crippen LogP contribution >= 0.6 is 0 Å². The second-order valence-electron chi connectivity index (χ2n) is 3.18. The molecule has 0 bridgehead atoms. The summed E-state index contributed by atoms with van der Waals surface area (Å²) in [6.45, 7) is 1.36. The number of anilines is 1. The standard InChI is InChI=1S/C8H12FN3O/c1-8(11,4-13)5-2-6(10)7(9)12-3-5/h2-3,13H,4,10-11H2,1H3/t8-/m0/s1. The van der Waals surface area contributed by atoms with E-state index in [1.54, 1.807) is 6.92 Å². The molecule has 4 nitrogen and oxygen atoms in total. The van der Waals surface area contributed by atoms with Gasteiger partial charge in [0.2, 0.25) is 5.95 Å². The molecule has 0 saturated heterocycles. The van der Waals surface area contributed by atoms with Crippen molar-refractivity contribution in [2.75, 3.05) is 12.3 Å². The van der Waals surface area contributed by atoms with E-state index in [9.17, 15) is 4.39 Å². The third-order valence-corrected chi connectivity index (χ3v) is 1.85. The number of halogens is 1. The molecule has 1 heterocycles. The molecule has 0 aliphatic carbocycles. The molecule has 1 atom stereocenters. The number of nitrogens with zero attached hydrogens (tertiary/aromatic N) is 1. The van der Waals surface area contributed by atoms with E-state index in [1.807, 2.05) is 0 Å². The van der Waals surface area contributed by atoms with E-state index in [-0.39, 0.29) is 12.3 Å². The number of hydrogen-bond acceptors (Lipinski definition) is 4. The Kier molecular flexibility index (Phi) is 2.49. The fraction of sp³-hybridized carbons (Fsp3) is 0.375. The van der Waals surface area contributed by atoms with Gasteiger partial charge in [0, 0.05) is 6.20 Å². The van der Waals surface area contributed by atoms with Gasteiger partial charge in [-0.3, -0.25) is 0 Å². The van der Waals surface area contributed by atoms with Crippen molar-refractivity contribution < 1.29 is 9.50 Å². The molecule has 5 N–H and O–H groups in total. The first-order chi connectivity index (χ1) is 5.97. The molecule has 0 saturated carbocycles. The smallest absolute Gasteiger partial charge is 0.236 e. The van der Waals surface area contributed by atoms with E-state index in [4.69, 9.17) is 16.6 Å². The minimum atomic E-state index is -0.936. The monoisotopic (exact) mass is 185 g/mol. The summed E-state index contributed by atoms with van der Waals surface area (Å²) in [4.78, 5) is 3.41. The van der Waals surface area contributed by atoms with Crippen LogP contribution in [0.1, 0.15) is 12.5 Å². The second kappa shape index (κ2) is 3.27. The summed E-state index contributed by atoms with van der Waals surface area (Å²) in [6.07, 6.45) is 1.27. The van der Waals surface area contributed by atoms with Crippen LogP contribution in [-0.4, -0.2) is 16.7 Å². The average Bonchev–Trinajstić information content (AvgIpc) is 2.09. The van der Waals surface area contributed by atoms with Gasteiger partial charge < -0.3 is 16.6 Å². The first-order valence-electron chi connectivity index (χ1n) is 3.78. The Balaban J connectivity index is 3.10. The minimum Gasteiger partial charge on any atom is -0.395 e. The second-order valence-corrected chi connectivity index (χ2v) is 3.18. The summed E-state index contributed by atoms with van der Waals surface area (Å²) in [6, 6.07) is 1.37. The number of aromatic nitrogens is 1. The number of pyridine rings is 1. The largest absolute Gasteiger partial charge is 0.395 e. The van der Waals surface area contributed by atoms with E-state index in [1.165, 1.54) is 12.3 Å². The summed E-state index contributed by atoms with van der Waals surface area (Å²) >= 11 is 0. The van der Waals surface area contributed by atoms with E-state index >= 15 is 0 Å². The molecular formula is C8H12FN3O. The highest BCUT2D eigenvalue weighted by Gasteiger charge is 2.21. The van der Waals surface area contributed by atoms with Gasteiger partial charge in [0.05, 0.1) is 17.8 Å². The maximum atomic E-state index is 12.7. The Hall–Kier alpha value is -1.20. The molecule has 0 amide bonds. The van der Waals surface area contributed by atoms with Gasteiger partial charge >= 0.3 is 0 Å². The van der Waals surface area contributed by atoms with Crippen LogP contribution < -0.4 is 11.5 Å². The first kappa shape index (κ1) is 9.88. The van der Waals surface area contributed by atoms with E-state index < -0.39 is 11.5 Å². The lowest BCUT2D eigenvalue weighted by molar-refractivity contribution is 0.209. The van der Waals surface area contributed by atoms with Crippen LogP contribution in [0.3, 0.4) is 0 Å². The van der Waals surface area contributed by atoms with Crippen molar-refractivity contribution in [1.29, 1.82) is 0 Å². The molecule has 1 rings (SSSR count). The molecule has 72 valence electrons. The highest BCUT2D eigenvalue weighted by Crippen LogP contribution is 2.19. The third-order valence-electron chi connectivity index (χ3n) is 1.85. The van der Waals surface area contributed by atoms with Crippen molar-refractivity contribution in [3.63, 3.8) is 0 Å². The molecule has 0 aromatic carbocycles. The molecule has 0 fully saturated rings. The zero-order chi connectivity index (χ0) is 10.1. The van der Waals surface area contributed by atoms with Crippen molar-refractivity contribution in [2.24, 2.45) is 5.73 Å². The lowest BCUT2D eigenvalue weighted by atomic mass is 9.96. The van der Waals surface area contributed by atoms with Crippen LogP contribution in [0.5, 0.6) is 0 Å². The van der Waals surface area contributed by atoms with Gasteiger partial charge in [-0.15, -0.1) is 0 Å². The minimum absolute atomic E-state index is 0.0670. The summed E-state index contributed by atoms with van der Waals surface area (Å²) < 4.78 is 12.7. The van der Waals surface area contributed by atoms with Crippen LogP contribution in [0.15, 0.2) is 12.3 Å². The molecule has 5 heteroatoms. The number of nitrogens with two attached hydrogens (primary N) is 2. The molecule has 1 aromatic rings. The SMILES string of the molecule is C[C@](N)(CO)c1cnc(F)c(N)c1. The first-order valence-corrected chi connectivity index (χ1v) is 3.78. The zero-order valence-electron chi connectivity index (χ0n) is 7.29. The highest BCUT2D eigenvalue weighted by atomic mass is 19.1. The van der Waals surface area contributed by atoms with Crippen LogP contribution in [0.25, 0.3) is 0 Å². The summed E-state index contributed by atoms with van der Waals surface area (Å²) in [7, 11) is 0. The van der Waals surface area contributed by atoms with E-state index in [2.05, 4.69) is 4.98 Å². The number of aliphatic hydroxyl groups is 1. The maximum absolute atomic E-state index is 12.7. The van der Waals surface area contributed by atoms with Crippen LogP contribution in [0, 0.1) is 5.95 Å². The van der Waals surface area contributed by atoms with Crippen LogP contribution in [0.4, 0.5) is 10.1 Å². The summed E-state index contributed by atoms with van der Waals surface area (Å²) in [5.41, 5.74) is 10.5. The molecular weight excluding hydrogens is 173 g/mol. The Morgan fingerprint density at radius 1 is 1.69 bits per heavy atom. The number of hydrogen-bond donors (Lipinski definition) is 3. The van der Waals surface area contributed by atoms with Gasteiger partial charge in [0.15, 0.2) is 0 Å². The highest BCUT2D eigenvalue weighted by molar-refractivity contribution is 5.40. The van der Waals surface area contributed by atoms with Gasteiger partial charge in [0.25, 0.3) is 0 Å². The van der Waals surface area contributed by atoms with Crippen molar-refractivity contribution in [2.45, 2.75) is 12.5 Å². The summed E-state index contributed by atoms with van der Waals surface area (Å²) in [5, 5.41) is 8.92. The molecule has 0 aliphatic heterocycles. The average molecular weight is 185 g/mol. The van der Waals surface area contributed by atoms with Crippen molar-refractivity contribution in [3.8, 4) is 0 Å². The van der Waals surface area contributed by atoms with Crippen molar-refractivity contribution in [1.82, 2.24) is 4.98 Å². The zero-order valence-corrected chi connectivity index (χ0v) is 7.29. The van der Waals surface area contributed by atoms with Gasteiger partial charge in [-0.2, -0.15) is 4.39 Å². The fourth-order valence-corrected chi connectivity index (χ4v) is 0.869. The van der Waals surface area contributed by atoms with Crippen molar-refractivity contribution >= 4 is 5.69 Å². The Labute approximate surface area is 75.4 Å². The predicted octanol–water partition coefficient (Wildman–Crippen LogP) is -0.0309. The number of aliphatic hydroxyl groups excluding tert-OH is 1. The molecule has 0 radical (unpaired) electrons. The fourth-order valence-electron chi connectivity index (χ4n) is 0.869. The lowest BCUT2D eigenvalue weighted by Gasteiger charge is -2.21. The van der Waals surface area contributed by atoms with Gasteiger partial charge in [-0.1, -0.05) is 0 Å². The normalized spacial score (nSPS) is 15.4. The van der Waals surface area contributed by atoms with Gasteiger partial charge in [-0.25, -0.2) is 4.98 Å². The topological polar surface area (TPSA) is 85.2 Å². The van der Waals surface area contributed by atoms with Gasteiger partial charge in [-0.05, 0) is 18.6 Å². The molecule has 0 spiro atoms. The maximum Gasteiger partial charge on any atom is 0.236 e. The predicted molar refractivity (Wildman–Crippen MR) is 47.2 cm³/mol. The molecule has 0 unspecified atom stereocenters. The molecule has 13 heavy (non-hydrogen) atoms. The molecule has 1 aromatic heterocycles.